The Morgan fingerprint density at radius 3 is 1.78 bits per heavy atom. The summed E-state index contributed by atoms with van der Waals surface area (Å²) in [7, 11) is 1.13. The summed E-state index contributed by atoms with van der Waals surface area (Å²) in [6.45, 7) is 6.79. The van der Waals surface area contributed by atoms with E-state index in [0.717, 1.165) is 14.2 Å². The van der Waals surface area contributed by atoms with E-state index in [0.29, 0.717) is 0 Å². The van der Waals surface area contributed by atoms with Crippen LogP contribution in [0.5, 0.6) is 0 Å². The van der Waals surface area contributed by atoms with Crippen LogP contribution in [0.1, 0.15) is 20.3 Å². The second-order valence-electron chi connectivity index (χ2n) is 1.60. The maximum Gasteiger partial charge on any atom is 0 e. The van der Waals surface area contributed by atoms with Crippen molar-refractivity contribution in [1.29, 1.82) is 0 Å². The maximum absolute atomic E-state index is 2.29. The third-order valence-corrected chi connectivity index (χ3v) is 2.50. The predicted molar refractivity (Wildman–Crippen MR) is 46.2 cm³/mol. The molecule has 0 spiro atoms. The van der Waals surface area contributed by atoms with Gasteiger partial charge in [-0.15, -0.1) is 8.58 Å². The maximum atomic E-state index is 2.29. The van der Waals surface area contributed by atoms with Gasteiger partial charge in [-0.2, -0.15) is 0 Å². The molecule has 0 saturated carbocycles. The Hall–Kier alpha value is 1.08. The van der Waals surface area contributed by atoms with E-state index >= 15 is 0 Å². The van der Waals surface area contributed by atoms with Crippen LogP contribution < -0.4 is 0 Å². The minimum atomic E-state index is 0. The zero-order valence-corrected chi connectivity index (χ0v) is 9.21. The molecule has 0 aliphatic carbocycles. The summed E-state index contributed by atoms with van der Waals surface area (Å²) >= 11 is 0. The topological polar surface area (TPSA) is 0 Å². The normalized spacial score (nSPS) is 11.0. The van der Waals surface area contributed by atoms with Crippen LogP contribution in [0, 0.1) is 7.43 Å². The fourth-order valence-corrected chi connectivity index (χ4v) is 0.612. The summed E-state index contributed by atoms with van der Waals surface area (Å²) < 4.78 is 0. The molecule has 0 saturated heterocycles. The zero-order chi connectivity index (χ0) is 4.99. The van der Waals surface area contributed by atoms with E-state index in [1.807, 2.05) is 0 Å². The van der Waals surface area contributed by atoms with E-state index in [1.165, 1.54) is 6.42 Å². The second-order valence-corrected chi connectivity index (χ2v) is 3.16. The van der Waals surface area contributed by atoms with Crippen molar-refractivity contribution in [2.45, 2.75) is 25.9 Å². The van der Waals surface area contributed by atoms with Crippen LogP contribution >= 0.6 is 8.58 Å². The van der Waals surface area contributed by atoms with E-state index in [9.17, 15) is 0 Å². The van der Waals surface area contributed by atoms with Gasteiger partial charge in [-0.05, 0) is 18.7 Å². The molecule has 0 N–H and O–H groups in total. The van der Waals surface area contributed by atoms with Crippen LogP contribution in [-0.2, 0) is 18.6 Å². The Labute approximate surface area is 75.8 Å². The Morgan fingerprint density at radius 2 is 1.78 bits per heavy atom. The molecule has 0 aliphatic heterocycles. The molecule has 0 nitrogen and oxygen atoms in total. The Morgan fingerprint density at radius 1 is 1.44 bits per heavy atom. The van der Waals surface area contributed by atoms with Crippen molar-refractivity contribution in [1.82, 2.24) is 0 Å². The van der Waals surface area contributed by atoms with Gasteiger partial charge in [0.2, 0.25) is 0 Å². The molecule has 54 valence electrons. The number of hydrogen-bond acceptors (Lipinski definition) is 0. The van der Waals surface area contributed by atoms with Crippen LogP contribution in [-0.4, -0.2) is 20.7 Å². The van der Waals surface area contributed by atoms with Crippen molar-refractivity contribution >= 4 is 17.0 Å². The monoisotopic (exact) mass is 181 g/mol. The Bertz CT molecular complexity index is 32.2. The first kappa shape index (κ1) is 22.5. The minimum Gasteiger partial charge on any atom is -0.358 e. The van der Waals surface area contributed by atoms with Crippen molar-refractivity contribution in [2.24, 2.45) is 0 Å². The average Bonchev–Trinajstić information content (AvgIpc) is 1.65. The molecule has 4 radical (unpaired) electrons. The van der Waals surface area contributed by atoms with E-state index in [2.05, 4.69) is 20.5 Å². The molecular weight excluding hydrogens is 165 g/mol. The van der Waals surface area contributed by atoms with Crippen LogP contribution in [0.2, 0.25) is 0 Å². The molecule has 0 aromatic rings. The molecule has 0 aromatic carbocycles. The summed E-state index contributed by atoms with van der Waals surface area (Å²) in [5, 5.41) is 0. The first-order valence-electron chi connectivity index (χ1n) is 2.48. The van der Waals surface area contributed by atoms with E-state index in [1.54, 1.807) is 0 Å². The first-order chi connectivity index (χ1) is 2.81. The molecule has 0 bridgehead atoms. The smallest absolute Gasteiger partial charge is 0 e. The Kier molecular flexibility index (Phi) is 40.1. The average molecular weight is 181 g/mol. The van der Waals surface area contributed by atoms with Crippen molar-refractivity contribution < 1.29 is 18.6 Å². The molecule has 0 amide bonds. The molecule has 0 aliphatic rings. The molecule has 0 aromatic heterocycles. The van der Waals surface area contributed by atoms with Gasteiger partial charge >= 0.3 is 0 Å². The second kappa shape index (κ2) is 16.0. The summed E-state index contributed by atoms with van der Waals surface area (Å²) in [6.07, 6.45) is 1.34. The van der Waals surface area contributed by atoms with Crippen LogP contribution in [0.15, 0.2) is 0 Å². The summed E-state index contributed by atoms with van der Waals surface area (Å²) in [5.41, 5.74) is 0.963. The van der Waals surface area contributed by atoms with Gasteiger partial charge < -0.3 is 7.43 Å². The largest absolute Gasteiger partial charge is 0.358 e. The quantitative estimate of drug-likeness (QED) is 0.347. The van der Waals surface area contributed by atoms with Crippen molar-refractivity contribution in [3.63, 3.8) is 0 Å². The molecule has 2 unspecified atom stereocenters. The molecule has 0 rings (SSSR count). The SMILES string of the molecule is CCC(C)PC.[B].[CH3-].[V]. The van der Waals surface area contributed by atoms with Gasteiger partial charge in [0.1, 0.15) is 0 Å². The minimum absolute atomic E-state index is 0. The molecule has 0 heterocycles. The zero-order valence-electron chi connectivity index (χ0n) is 6.81. The van der Waals surface area contributed by atoms with Gasteiger partial charge in [-0.25, -0.2) is 0 Å². The van der Waals surface area contributed by atoms with E-state index in [4.69, 9.17) is 0 Å². The van der Waals surface area contributed by atoms with Gasteiger partial charge in [-0.1, -0.05) is 13.8 Å². The first-order valence-corrected chi connectivity index (χ1v) is 4.06. The van der Waals surface area contributed by atoms with Crippen molar-refractivity contribution in [2.75, 3.05) is 6.66 Å². The Balaban J connectivity index is -0.0000000417. The molecule has 0 fully saturated rings. The van der Waals surface area contributed by atoms with Gasteiger partial charge in [0.15, 0.2) is 0 Å². The summed E-state index contributed by atoms with van der Waals surface area (Å²) in [4.78, 5) is 0. The number of rotatable bonds is 2. The molecule has 2 atom stereocenters. The fraction of sp³-hybridized carbons (Fsp3) is 0.833. The van der Waals surface area contributed by atoms with Gasteiger partial charge in [0.25, 0.3) is 0 Å². The summed E-state index contributed by atoms with van der Waals surface area (Å²) in [5.74, 6) is 0. The van der Waals surface area contributed by atoms with Crippen LogP contribution in [0.4, 0.5) is 0 Å². The van der Waals surface area contributed by atoms with Crippen LogP contribution in [0.3, 0.4) is 0 Å². The van der Waals surface area contributed by atoms with Crippen LogP contribution in [0.25, 0.3) is 0 Å². The third kappa shape index (κ3) is 17.6. The third-order valence-electron chi connectivity index (χ3n) is 1.11. The fourth-order valence-electron chi connectivity index (χ4n) is 0.204. The molecule has 3 heteroatoms. The predicted octanol–water partition coefficient (Wildman–Crippen LogP) is 2.16. The van der Waals surface area contributed by atoms with Crippen molar-refractivity contribution in [3.05, 3.63) is 7.43 Å². The van der Waals surface area contributed by atoms with Gasteiger partial charge in [0.05, 0.1) is 0 Å². The standard InChI is InChI=1S/C5H13P.CH3.B.V/c1-4-5(2)6-3;;;/h5-6H,4H2,1-3H3;1H3;;/q;-1;;. The summed E-state index contributed by atoms with van der Waals surface area (Å²) in [6, 6.07) is 0. The molecular formula is C6H16BPV-. The van der Waals surface area contributed by atoms with Gasteiger partial charge in [-0.3, -0.25) is 0 Å². The van der Waals surface area contributed by atoms with Crippen molar-refractivity contribution in [3.8, 4) is 0 Å². The van der Waals surface area contributed by atoms with E-state index < -0.39 is 0 Å². The molecule has 9 heavy (non-hydrogen) atoms. The van der Waals surface area contributed by atoms with Gasteiger partial charge in [0, 0.05) is 27.0 Å². The number of hydrogen-bond donors (Lipinski definition) is 0. The van der Waals surface area contributed by atoms with E-state index in [-0.39, 0.29) is 34.4 Å².